The first-order valence-corrected chi connectivity index (χ1v) is 19.9. The molecule has 5 rings (SSSR count). The second-order valence-electron chi connectivity index (χ2n) is 15.6. The molecule has 0 spiro atoms. The molecule has 0 unspecified atom stereocenters. The number of amides is 2. The number of carbonyl (C=O) groups is 5. The minimum absolute atomic E-state index is 0.00902. The standard InChI is InChI=1S/C40H51N3O10S/c1-8-24(3)33(44)15-10-26(19-35(46)53-39(4,5)6)37(47)43-23-29(52-36-31-14-11-28(51-7)18-25(31)16-17-41-36)20-32(43)34(45)22-40(21-27(40)9-2)38(48)42-54(49,50)30-12-13-30/h8-9,11,14,16-18,26-27,29-30,32H,2,10,12-13,15,19-23H2,1,3-7H3,(H,42,48)/b24-8+/t26-,27+,29-,32+,40-/m1/s1. The average molecular weight is 766 g/mol. The highest BCUT2D eigenvalue weighted by Gasteiger charge is 2.61. The summed E-state index contributed by atoms with van der Waals surface area (Å²) in [5.74, 6) is -3.06. The van der Waals surface area contributed by atoms with Crippen LogP contribution in [0.5, 0.6) is 11.6 Å². The van der Waals surface area contributed by atoms with Gasteiger partial charge in [-0.1, -0.05) is 12.2 Å². The number of nitrogens with zero attached hydrogens (tertiary/aromatic N) is 2. The predicted molar refractivity (Wildman–Crippen MR) is 201 cm³/mol. The zero-order valence-electron chi connectivity index (χ0n) is 31.9. The number of rotatable bonds is 17. The number of sulfonamides is 1. The van der Waals surface area contributed by atoms with Crippen LogP contribution in [0.15, 0.2) is 54.8 Å². The Balaban J connectivity index is 1.45. The van der Waals surface area contributed by atoms with E-state index in [0.717, 1.165) is 5.39 Å². The fourth-order valence-electron chi connectivity index (χ4n) is 7.04. The minimum atomic E-state index is -3.88. The van der Waals surface area contributed by atoms with E-state index in [1.165, 1.54) is 4.90 Å². The highest BCUT2D eigenvalue weighted by atomic mass is 32.2. The fourth-order valence-corrected chi connectivity index (χ4v) is 8.43. The van der Waals surface area contributed by atoms with Gasteiger partial charge in [0.15, 0.2) is 11.6 Å². The molecule has 2 saturated carbocycles. The largest absolute Gasteiger partial charge is 0.497 e. The molecule has 14 heteroatoms. The number of hydrogen-bond donors (Lipinski definition) is 1. The number of carbonyl (C=O) groups excluding carboxylic acids is 5. The summed E-state index contributed by atoms with van der Waals surface area (Å²) in [5, 5.41) is 0.853. The van der Waals surface area contributed by atoms with Crippen LogP contribution in [0.2, 0.25) is 0 Å². The molecular formula is C40H51N3O10S. The average Bonchev–Trinajstić information content (AvgIpc) is 4.05. The van der Waals surface area contributed by atoms with Gasteiger partial charge in [0.05, 0.1) is 36.8 Å². The molecule has 2 aromatic rings. The lowest BCUT2D eigenvalue weighted by molar-refractivity contribution is -0.159. The van der Waals surface area contributed by atoms with E-state index in [9.17, 15) is 32.4 Å². The Hall–Kier alpha value is -4.59. The summed E-state index contributed by atoms with van der Waals surface area (Å²) in [6.45, 7) is 12.3. The Morgan fingerprint density at radius 2 is 1.87 bits per heavy atom. The first kappa shape index (κ1) is 40.6. The summed E-state index contributed by atoms with van der Waals surface area (Å²) < 4.78 is 45.0. The van der Waals surface area contributed by atoms with Crippen LogP contribution in [0.3, 0.4) is 0 Å². The van der Waals surface area contributed by atoms with Gasteiger partial charge in [-0.05, 0) is 101 Å². The quantitative estimate of drug-likeness (QED) is 0.130. The maximum absolute atomic E-state index is 14.6. The van der Waals surface area contributed by atoms with E-state index < -0.39 is 73.8 Å². The number of pyridine rings is 1. The van der Waals surface area contributed by atoms with Crippen LogP contribution < -0.4 is 14.2 Å². The molecule has 1 aliphatic heterocycles. The molecule has 3 fully saturated rings. The van der Waals surface area contributed by atoms with Crippen LogP contribution >= 0.6 is 0 Å². The molecule has 1 saturated heterocycles. The number of ketones is 2. The van der Waals surface area contributed by atoms with Gasteiger partial charge in [0.2, 0.25) is 27.7 Å². The van der Waals surface area contributed by atoms with Crippen molar-refractivity contribution in [3.05, 3.63) is 54.8 Å². The third kappa shape index (κ3) is 9.37. The van der Waals surface area contributed by atoms with Crippen molar-refractivity contribution in [1.29, 1.82) is 0 Å². The molecule has 54 heavy (non-hydrogen) atoms. The molecule has 292 valence electrons. The van der Waals surface area contributed by atoms with E-state index in [-0.39, 0.29) is 56.7 Å². The van der Waals surface area contributed by atoms with Crippen LogP contribution in [0, 0.1) is 17.3 Å². The first-order chi connectivity index (χ1) is 25.4. The summed E-state index contributed by atoms with van der Waals surface area (Å²) in [7, 11) is -2.32. The minimum Gasteiger partial charge on any atom is -0.497 e. The lowest BCUT2D eigenvalue weighted by atomic mass is 9.90. The molecule has 0 bridgehead atoms. The van der Waals surface area contributed by atoms with Crippen molar-refractivity contribution >= 4 is 50.1 Å². The number of ether oxygens (including phenoxy) is 3. The smallest absolute Gasteiger partial charge is 0.307 e. The third-order valence-corrected chi connectivity index (χ3v) is 12.3. The van der Waals surface area contributed by atoms with E-state index in [0.29, 0.717) is 29.6 Å². The topological polar surface area (TPSA) is 175 Å². The van der Waals surface area contributed by atoms with Crippen LogP contribution in [0.25, 0.3) is 10.8 Å². The highest BCUT2D eigenvalue weighted by Crippen LogP contribution is 2.57. The number of allylic oxidation sites excluding steroid dienone is 3. The monoisotopic (exact) mass is 765 g/mol. The predicted octanol–water partition coefficient (Wildman–Crippen LogP) is 5.02. The van der Waals surface area contributed by atoms with Crippen molar-refractivity contribution in [2.75, 3.05) is 13.7 Å². The Kier molecular flexibility index (Phi) is 12.0. The SMILES string of the molecule is C=C[C@H]1C[C@]1(CC(=O)[C@@H]1C[C@@H](Oc2nccc3cc(OC)ccc23)CN1C(=O)[C@H](CCC(=O)/C(C)=C/C)CC(=O)OC(C)(C)C)C(=O)NS(=O)(=O)C1CC1. The number of fused-ring (bicyclic) bond motifs is 1. The summed E-state index contributed by atoms with van der Waals surface area (Å²) in [6.07, 6.45) is 4.65. The number of hydrogen-bond acceptors (Lipinski definition) is 11. The van der Waals surface area contributed by atoms with E-state index in [2.05, 4.69) is 16.3 Å². The van der Waals surface area contributed by atoms with Gasteiger partial charge in [-0.2, -0.15) is 0 Å². The number of benzene rings is 1. The lowest BCUT2D eigenvalue weighted by Crippen LogP contribution is -2.46. The van der Waals surface area contributed by atoms with Gasteiger partial charge < -0.3 is 19.1 Å². The van der Waals surface area contributed by atoms with Gasteiger partial charge in [-0.3, -0.25) is 28.7 Å². The van der Waals surface area contributed by atoms with Gasteiger partial charge in [0.1, 0.15) is 17.5 Å². The van der Waals surface area contributed by atoms with Crippen molar-refractivity contribution in [2.45, 2.75) is 109 Å². The number of aromatic nitrogens is 1. The molecule has 1 aromatic carbocycles. The summed E-state index contributed by atoms with van der Waals surface area (Å²) in [6, 6.07) is 6.13. The molecule has 2 heterocycles. The van der Waals surface area contributed by atoms with Crippen molar-refractivity contribution in [3.63, 3.8) is 0 Å². The normalized spacial score (nSPS) is 23.3. The zero-order valence-corrected chi connectivity index (χ0v) is 32.7. The summed E-state index contributed by atoms with van der Waals surface area (Å²) in [4.78, 5) is 74.3. The number of nitrogens with one attached hydrogen (secondary N) is 1. The van der Waals surface area contributed by atoms with Crippen molar-refractivity contribution in [1.82, 2.24) is 14.6 Å². The van der Waals surface area contributed by atoms with Gasteiger partial charge >= 0.3 is 5.97 Å². The molecule has 5 atom stereocenters. The van der Waals surface area contributed by atoms with Gasteiger partial charge in [0, 0.05) is 36.8 Å². The molecule has 2 aliphatic carbocycles. The van der Waals surface area contributed by atoms with Crippen molar-refractivity contribution in [2.24, 2.45) is 17.3 Å². The maximum atomic E-state index is 14.6. The lowest BCUT2D eigenvalue weighted by Gasteiger charge is -2.29. The Morgan fingerprint density at radius 3 is 2.48 bits per heavy atom. The zero-order chi connectivity index (χ0) is 39.6. The van der Waals surface area contributed by atoms with E-state index in [4.69, 9.17) is 14.2 Å². The van der Waals surface area contributed by atoms with Gasteiger partial charge in [-0.25, -0.2) is 13.4 Å². The van der Waals surface area contributed by atoms with Crippen molar-refractivity contribution in [3.8, 4) is 11.6 Å². The molecule has 0 radical (unpaired) electrons. The number of Topliss-reactive ketones (excluding diaryl/α,β-unsaturated/α-hetero) is 2. The van der Waals surface area contributed by atoms with Crippen LogP contribution in [0.4, 0.5) is 0 Å². The Morgan fingerprint density at radius 1 is 1.15 bits per heavy atom. The van der Waals surface area contributed by atoms with Crippen LogP contribution in [0.1, 0.15) is 86.0 Å². The number of esters is 1. The van der Waals surface area contributed by atoms with E-state index >= 15 is 0 Å². The molecule has 1 N–H and O–H groups in total. The molecule has 1 aromatic heterocycles. The third-order valence-electron chi connectivity index (χ3n) is 10.5. The maximum Gasteiger partial charge on any atom is 0.307 e. The van der Waals surface area contributed by atoms with Crippen LogP contribution in [-0.2, 0) is 38.7 Å². The van der Waals surface area contributed by atoms with Gasteiger partial charge in [-0.15, -0.1) is 6.58 Å². The second kappa shape index (κ2) is 16.0. The summed E-state index contributed by atoms with van der Waals surface area (Å²) in [5.41, 5.74) is -1.64. The van der Waals surface area contributed by atoms with Crippen molar-refractivity contribution < 1.29 is 46.6 Å². The number of likely N-dealkylation sites (tertiary alicyclic amines) is 1. The molecular weight excluding hydrogens is 715 g/mol. The Bertz CT molecular complexity index is 1960. The van der Waals surface area contributed by atoms with Gasteiger partial charge in [0.25, 0.3) is 0 Å². The molecule has 2 amide bonds. The second-order valence-corrected chi connectivity index (χ2v) is 17.6. The first-order valence-electron chi connectivity index (χ1n) is 18.4. The van der Waals surface area contributed by atoms with E-state index in [1.54, 1.807) is 78.3 Å². The number of methoxy groups -OCH3 is 1. The highest BCUT2D eigenvalue weighted by molar-refractivity contribution is 7.90. The molecule has 3 aliphatic rings. The van der Waals surface area contributed by atoms with E-state index in [1.807, 2.05) is 6.07 Å². The summed E-state index contributed by atoms with van der Waals surface area (Å²) >= 11 is 0. The molecule has 13 nitrogen and oxygen atoms in total. The Labute approximate surface area is 316 Å². The fraction of sp³-hybridized carbons (Fsp3) is 0.550. The van der Waals surface area contributed by atoms with Crippen LogP contribution in [-0.4, -0.2) is 84.3 Å².